The van der Waals surface area contributed by atoms with Crippen LogP contribution in [0.1, 0.15) is 43.6 Å². The van der Waals surface area contributed by atoms with Crippen molar-refractivity contribution in [1.29, 1.82) is 0 Å². The number of likely N-dealkylation sites (tertiary alicyclic amines) is 1. The quantitative estimate of drug-likeness (QED) is 0.739. The molecule has 1 aromatic heterocycles. The van der Waals surface area contributed by atoms with Crippen molar-refractivity contribution in [3.63, 3.8) is 0 Å². The first-order valence-corrected chi connectivity index (χ1v) is 9.88. The van der Waals surface area contributed by atoms with Gasteiger partial charge in [0.2, 0.25) is 5.91 Å². The van der Waals surface area contributed by atoms with Crippen molar-refractivity contribution in [2.24, 2.45) is 5.92 Å². The number of ether oxygens (including phenoxy) is 1. The molecule has 31 heavy (non-hydrogen) atoms. The van der Waals surface area contributed by atoms with E-state index in [1.165, 1.54) is 0 Å². The molecule has 8 nitrogen and oxygen atoms in total. The van der Waals surface area contributed by atoms with Crippen LogP contribution >= 0.6 is 0 Å². The Labute approximate surface area is 177 Å². The number of carbonyl (C=O) groups excluding carboxylic acids is 2. The Hall–Kier alpha value is -2.69. The van der Waals surface area contributed by atoms with Crippen molar-refractivity contribution in [3.05, 3.63) is 30.1 Å². The van der Waals surface area contributed by atoms with Gasteiger partial charge in [-0.05, 0) is 31.4 Å². The maximum atomic E-state index is 12.2. The number of nitrogens with one attached hydrogen (secondary N) is 1. The molecule has 11 heteroatoms. The number of pyridine rings is 1. The first kappa shape index (κ1) is 24.6. The van der Waals surface area contributed by atoms with Crippen LogP contribution in [0.15, 0.2) is 24.4 Å². The zero-order valence-electron chi connectivity index (χ0n) is 17.3. The van der Waals surface area contributed by atoms with Gasteiger partial charge in [0.1, 0.15) is 5.69 Å². The Morgan fingerprint density at radius 1 is 1.26 bits per heavy atom. The third-order valence-electron chi connectivity index (χ3n) is 5.16. The predicted molar refractivity (Wildman–Crippen MR) is 103 cm³/mol. The molecule has 0 bridgehead atoms. The molecule has 1 atom stereocenters. The third kappa shape index (κ3) is 6.91. The lowest BCUT2D eigenvalue weighted by molar-refractivity contribution is -0.192. The Bertz CT molecular complexity index is 778. The van der Waals surface area contributed by atoms with Crippen LogP contribution in [0.2, 0.25) is 0 Å². The molecule has 2 amide bonds. The van der Waals surface area contributed by atoms with Crippen LogP contribution in [0.4, 0.5) is 13.2 Å². The lowest BCUT2D eigenvalue weighted by Crippen LogP contribution is -2.48. The molecule has 2 saturated heterocycles. The van der Waals surface area contributed by atoms with Crippen LogP contribution in [-0.2, 0) is 14.3 Å². The molecule has 2 aliphatic rings. The summed E-state index contributed by atoms with van der Waals surface area (Å²) < 4.78 is 37.8. The summed E-state index contributed by atoms with van der Waals surface area (Å²) in [6, 6.07) is 5.30. The number of carbonyl (C=O) groups is 3. The summed E-state index contributed by atoms with van der Waals surface area (Å²) in [6.45, 7) is 5.86. The van der Waals surface area contributed by atoms with Gasteiger partial charge in [0, 0.05) is 25.2 Å². The molecule has 3 rings (SSSR count). The smallest absolute Gasteiger partial charge is 0.475 e. The summed E-state index contributed by atoms with van der Waals surface area (Å²) >= 11 is 0. The standard InChI is InChI=1S/C18H25N3O3.C2HF3O2/c1-13(2)17(23)21-9-6-18(7-10-21)11-14(12-24-18)20-16(22)15-5-3-4-8-19-15;3-2(4,5)1(6)7/h3-5,8,13-14H,6-7,9-12H2,1-2H3,(H,20,22);(H,6,7). The van der Waals surface area contributed by atoms with Crippen LogP contribution < -0.4 is 5.32 Å². The highest BCUT2D eigenvalue weighted by Gasteiger charge is 2.44. The molecular weight excluding hydrogens is 419 g/mol. The molecule has 172 valence electrons. The number of hydrogen-bond acceptors (Lipinski definition) is 5. The molecule has 0 aliphatic carbocycles. The highest BCUT2D eigenvalue weighted by Crippen LogP contribution is 2.36. The summed E-state index contributed by atoms with van der Waals surface area (Å²) in [5.74, 6) is -2.67. The van der Waals surface area contributed by atoms with Gasteiger partial charge >= 0.3 is 12.1 Å². The van der Waals surface area contributed by atoms with Gasteiger partial charge in [-0.25, -0.2) is 4.79 Å². The zero-order chi connectivity index (χ0) is 23.2. The molecule has 0 saturated carbocycles. The molecule has 2 fully saturated rings. The van der Waals surface area contributed by atoms with E-state index >= 15 is 0 Å². The predicted octanol–water partition coefficient (Wildman–Crippen LogP) is 2.25. The highest BCUT2D eigenvalue weighted by molar-refractivity contribution is 5.92. The van der Waals surface area contributed by atoms with Gasteiger partial charge < -0.3 is 20.1 Å². The number of nitrogens with zero attached hydrogens (tertiary/aromatic N) is 2. The van der Waals surface area contributed by atoms with Crippen LogP contribution in [0, 0.1) is 5.92 Å². The van der Waals surface area contributed by atoms with Crippen molar-refractivity contribution in [1.82, 2.24) is 15.2 Å². The average molecular weight is 445 g/mol. The van der Waals surface area contributed by atoms with E-state index in [4.69, 9.17) is 14.6 Å². The zero-order valence-corrected chi connectivity index (χ0v) is 17.3. The molecule has 3 heterocycles. The number of alkyl halides is 3. The van der Waals surface area contributed by atoms with Crippen molar-refractivity contribution < 1.29 is 37.4 Å². The first-order chi connectivity index (χ1) is 14.4. The molecule has 1 unspecified atom stereocenters. The second kappa shape index (κ2) is 10.1. The molecule has 0 aromatic carbocycles. The summed E-state index contributed by atoms with van der Waals surface area (Å²) in [5, 5.41) is 10.1. The number of carboxylic acid groups (broad SMARTS) is 1. The van der Waals surface area contributed by atoms with E-state index in [0.717, 1.165) is 32.4 Å². The molecule has 2 aliphatic heterocycles. The maximum Gasteiger partial charge on any atom is 0.490 e. The Morgan fingerprint density at radius 3 is 2.35 bits per heavy atom. The highest BCUT2D eigenvalue weighted by atomic mass is 19.4. The normalized spacial score (nSPS) is 20.2. The fourth-order valence-corrected chi connectivity index (χ4v) is 3.54. The number of piperidine rings is 1. The Morgan fingerprint density at radius 2 is 1.87 bits per heavy atom. The minimum absolute atomic E-state index is 0.00635. The van der Waals surface area contributed by atoms with Gasteiger partial charge in [-0.2, -0.15) is 13.2 Å². The minimum atomic E-state index is -5.08. The second-order valence-corrected chi connectivity index (χ2v) is 7.87. The minimum Gasteiger partial charge on any atom is -0.475 e. The van der Waals surface area contributed by atoms with Crippen molar-refractivity contribution in [2.45, 2.75) is 50.9 Å². The van der Waals surface area contributed by atoms with Gasteiger partial charge in [-0.15, -0.1) is 0 Å². The maximum absolute atomic E-state index is 12.2. The molecule has 1 aromatic rings. The van der Waals surface area contributed by atoms with E-state index in [-0.39, 0.29) is 29.4 Å². The molecule has 0 radical (unpaired) electrons. The Balaban J connectivity index is 0.000000423. The van der Waals surface area contributed by atoms with Crippen molar-refractivity contribution >= 4 is 17.8 Å². The molecular formula is C20H26F3N3O5. The third-order valence-corrected chi connectivity index (χ3v) is 5.16. The summed E-state index contributed by atoms with van der Waals surface area (Å²) in [6.07, 6.45) is -0.999. The van der Waals surface area contributed by atoms with Crippen LogP contribution in [0.3, 0.4) is 0 Å². The SMILES string of the molecule is CC(C)C(=O)N1CCC2(CC1)CC(NC(=O)c1ccccn1)CO2.O=C(O)C(F)(F)F. The first-order valence-electron chi connectivity index (χ1n) is 9.88. The number of aliphatic carboxylic acids is 1. The number of hydrogen-bond donors (Lipinski definition) is 2. The molecule has 2 N–H and O–H groups in total. The van der Waals surface area contributed by atoms with E-state index in [2.05, 4.69) is 10.3 Å². The van der Waals surface area contributed by atoms with Gasteiger partial charge in [-0.1, -0.05) is 19.9 Å². The van der Waals surface area contributed by atoms with E-state index in [1.807, 2.05) is 18.7 Å². The van der Waals surface area contributed by atoms with E-state index in [9.17, 15) is 22.8 Å². The number of rotatable bonds is 3. The largest absolute Gasteiger partial charge is 0.490 e. The second-order valence-electron chi connectivity index (χ2n) is 7.87. The summed E-state index contributed by atoms with van der Waals surface area (Å²) in [5.41, 5.74) is 0.228. The Kier molecular flexibility index (Phi) is 7.99. The summed E-state index contributed by atoms with van der Waals surface area (Å²) in [4.78, 5) is 39.2. The topological polar surface area (TPSA) is 109 Å². The van der Waals surface area contributed by atoms with E-state index in [1.54, 1.807) is 24.4 Å². The van der Waals surface area contributed by atoms with Crippen molar-refractivity contribution in [2.75, 3.05) is 19.7 Å². The average Bonchev–Trinajstić information content (AvgIpc) is 3.10. The number of amides is 2. The van der Waals surface area contributed by atoms with Crippen LogP contribution in [0.25, 0.3) is 0 Å². The monoisotopic (exact) mass is 445 g/mol. The molecule has 1 spiro atoms. The van der Waals surface area contributed by atoms with Crippen LogP contribution in [-0.4, -0.2) is 70.3 Å². The van der Waals surface area contributed by atoms with Gasteiger partial charge in [-0.3, -0.25) is 14.6 Å². The van der Waals surface area contributed by atoms with Gasteiger partial charge in [0.25, 0.3) is 5.91 Å². The number of aromatic nitrogens is 1. The number of halogens is 3. The van der Waals surface area contributed by atoms with E-state index in [0.29, 0.717) is 12.3 Å². The van der Waals surface area contributed by atoms with E-state index < -0.39 is 12.1 Å². The summed E-state index contributed by atoms with van der Waals surface area (Å²) in [7, 11) is 0. The van der Waals surface area contributed by atoms with Crippen LogP contribution in [0.5, 0.6) is 0 Å². The lowest BCUT2D eigenvalue weighted by atomic mass is 9.87. The fraction of sp³-hybridized carbons (Fsp3) is 0.600. The van der Waals surface area contributed by atoms with Crippen molar-refractivity contribution in [3.8, 4) is 0 Å². The van der Waals surface area contributed by atoms with Gasteiger partial charge in [0.05, 0.1) is 18.2 Å². The lowest BCUT2D eigenvalue weighted by Gasteiger charge is -2.39. The van der Waals surface area contributed by atoms with Gasteiger partial charge in [0.15, 0.2) is 0 Å². The fourth-order valence-electron chi connectivity index (χ4n) is 3.54. The number of carboxylic acids is 1.